The minimum atomic E-state index is -0.440. The summed E-state index contributed by atoms with van der Waals surface area (Å²) >= 11 is 1.38. The zero-order chi connectivity index (χ0) is 21.6. The first-order chi connectivity index (χ1) is 13.8. The summed E-state index contributed by atoms with van der Waals surface area (Å²) in [6, 6.07) is 5.77. The van der Waals surface area contributed by atoms with Gasteiger partial charge in [0.1, 0.15) is 11.5 Å². The highest BCUT2D eigenvalue weighted by molar-refractivity contribution is 7.16. The lowest BCUT2D eigenvalue weighted by atomic mass is 10.1. The van der Waals surface area contributed by atoms with E-state index in [2.05, 4.69) is 5.32 Å². The monoisotopic (exact) mass is 421 g/mol. The Hall–Kier alpha value is -2.58. The van der Waals surface area contributed by atoms with Gasteiger partial charge in [-0.05, 0) is 44.5 Å². The number of nitrogens with one attached hydrogen (secondary N) is 2. The summed E-state index contributed by atoms with van der Waals surface area (Å²) in [5.74, 6) is 0.776. The van der Waals surface area contributed by atoms with Crippen molar-refractivity contribution in [2.24, 2.45) is 0 Å². The average Bonchev–Trinajstić information content (AvgIpc) is 2.95. The molecule has 1 heterocycles. The molecular weight excluding hydrogens is 392 g/mol. The van der Waals surface area contributed by atoms with E-state index in [1.54, 1.807) is 7.11 Å². The number of quaternary nitrogens is 1. The van der Waals surface area contributed by atoms with Crippen LogP contribution >= 0.6 is 11.3 Å². The highest BCUT2D eigenvalue weighted by Gasteiger charge is 2.22. The molecule has 0 radical (unpaired) electrons. The van der Waals surface area contributed by atoms with Crippen LogP contribution in [0.3, 0.4) is 0 Å². The lowest BCUT2D eigenvalue weighted by Gasteiger charge is -2.15. The van der Waals surface area contributed by atoms with Crippen LogP contribution in [0.5, 0.6) is 11.5 Å². The molecule has 2 aromatic rings. The second-order valence-electron chi connectivity index (χ2n) is 6.76. The van der Waals surface area contributed by atoms with E-state index in [1.807, 2.05) is 46.0 Å². The Balaban J connectivity index is 2.03. The maximum absolute atomic E-state index is 12.5. The van der Waals surface area contributed by atoms with Gasteiger partial charge in [-0.3, -0.25) is 4.79 Å². The molecule has 0 spiro atoms. The normalized spacial score (nSPS) is 11.7. The number of likely N-dealkylation sites (N-methyl/N-ethyl adjacent to an activating group) is 1. The van der Waals surface area contributed by atoms with Gasteiger partial charge in [0.05, 0.1) is 33.4 Å². The molecule has 1 unspecified atom stereocenters. The molecule has 1 atom stereocenters. The van der Waals surface area contributed by atoms with E-state index in [-0.39, 0.29) is 12.5 Å². The van der Waals surface area contributed by atoms with E-state index in [1.165, 1.54) is 18.4 Å². The fourth-order valence-corrected chi connectivity index (χ4v) is 4.08. The second kappa shape index (κ2) is 10.3. The van der Waals surface area contributed by atoms with Crippen molar-refractivity contribution in [1.82, 2.24) is 0 Å². The number of methoxy groups -OCH3 is 2. The number of amides is 1. The Bertz CT molecular complexity index is 878. The van der Waals surface area contributed by atoms with Crippen LogP contribution in [0.15, 0.2) is 18.2 Å². The number of benzene rings is 1. The average molecular weight is 422 g/mol. The molecule has 0 fully saturated rings. The fourth-order valence-electron chi connectivity index (χ4n) is 3.02. The number of hydrogen-bond acceptors (Lipinski definition) is 6. The SMILES string of the molecule is CCOc1ccc(C[NH+](C)CC(=O)Nc2sc(C)c(C)c2C(=O)OC)cc1OC. The lowest BCUT2D eigenvalue weighted by molar-refractivity contribution is -0.885. The Morgan fingerprint density at radius 2 is 1.90 bits per heavy atom. The second-order valence-corrected chi connectivity index (χ2v) is 7.98. The first kappa shape index (κ1) is 22.7. The molecule has 0 saturated heterocycles. The van der Waals surface area contributed by atoms with Crippen LogP contribution in [0.1, 0.15) is 33.3 Å². The maximum Gasteiger partial charge on any atom is 0.341 e. The number of ether oxygens (including phenoxy) is 3. The number of esters is 1. The Labute approximate surface area is 175 Å². The van der Waals surface area contributed by atoms with Gasteiger partial charge in [0.15, 0.2) is 18.0 Å². The third-order valence-corrected chi connectivity index (χ3v) is 5.65. The third-order valence-electron chi connectivity index (χ3n) is 4.52. The van der Waals surface area contributed by atoms with Gasteiger partial charge in [-0.25, -0.2) is 4.79 Å². The zero-order valence-corrected chi connectivity index (χ0v) is 18.6. The topological polar surface area (TPSA) is 78.3 Å². The highest BCUT2D eigenvalue weighted by atomic mass is 32.1. The summed E-state index contributed by atoms with van der Waals surface area (Å²) in [7, 11) is 4.88. The summed E-state index contributed by atoms with van der Waals surface area (Å²) < 4.78 is 15.8. The molecule has 8 heteroatoms. The van der Waals surface area contributed by atoms with Crippen LogP contribution in [0.2, 0.25) is 0 Å². The fraction of sp³-hybridized carbons (Fsp3) is 0.429. The van der Waals surface area contributed by atoms with E-state index in [4.69, 9.17) is 14.2 Å². The van der Waals surface area contributed by atoms with Crippen LogP contribution in [-0.4, -0.2) is 46.3 Å². The predicted molar refractivity (Wildman–Crippen MR) is 113 cm³/mol. The number of carbonyl (C=O) groups excluding carboxylic acids is 2. The van der Waals surface area contributed by atoms with Crippen molar-refractivity contribution in [2.75, 3.05) is 39.7 Å². The molecule has 0 aliphatic carbocycles. The third kappa shape index (κ3) is 5.71. The van der Waals surface area contributed by atoms with Gasteiger partial charge >= 0.3 is 5.97 Å². The molecule has 1 aromatic heterocycles. The number of rotatable bonds is 9. The summed E-state index contributed by atoms with van der Waals surface area (Å²) in [6.45, 7) is 7.15. The number of carbonyl (C=O) groups is 2. The standard InChI is InChI=1S/C21H28N2O5S/c1-7-28-16-9-8-15(10-17(16)26-5)11-23(4)12-18(24)22-20-19(21(25)27-6)13(2)14(3)29-20/h8-10H,7,11-12H2,1-6H3,(H,22,24)/p+1. The molecule has 0 saturated carbocycles. The van der Waals surface area contributed by atoms with Gasteiger partial charge in [-0.15, -0.1) is 11.3 Å². The van der Waals surface area contributed by atoms with E-state index in [0.717, 1.165) is 20.9 Å². The molecule has 0 aliphatic heterocycles. The maximum atomic E-state index is 12.5. The molecule has 1 amide bonds. The summed E-state index contributed by atoms with van der Waals surface area (Å²) in [4.78, 5) is 26.6. The van der Waals surface area contributed by atoms with Crippen LogP contribution in [0, 0.1) is 13.8 Å². The first-order valence-electron chi connectivity index (χ1n) is 9.39. The van der Waals surface area contributed by atoms with Crippen LogP contribution in [-0.2, 0) is 16.1 Å². The largest absolute Gasteiger partial charge is 0.493 e. The van der Waals surface area contributed by atoms with Gasteiger partial charge in [0.25, 0.3) is 5.91 Å². The first-order valence-corrected chi connectivity index (χ1v) is 10.2. The van der Waals surface area contributed by atoms with Gasteiger partial charge in [-0.1, -0.05) is 0 Å². The molecule has 1 aromatic carbocycles. The molecule has 0 aliphatic rings. The minimum absolute atomic E-state index is 0.160. The summed E-state index contributed by atoms with van der Waals surface area (Å²) in [5.41, 5.74) is 2.30. The van der Waals surface area contributed by atoms with E-state index in [0.29, 0.717) is 35.2 Å². The Morgan fingerprint density at radius 1 is 1.17 bits per heavy atom. The quantitative estimate of drug-likeness (QED) is 0.607. The Morgan fingerprint density at radius 3 is 2.52 bits per heavy atom. The predicted octanol–water partition coefficient (Wildman–Crippen LogP) is 2.21. The van der Waals surface area contributed by atoms with Crippen LogP contribution in [0.25, 0.3) is 0 Å². The molecule has 0 bridgehead atoms. The van der Waals surface area contributed by atoms with Gasteiger partial charge in [0, 0.05) is 10.4 Å². The van der Waals surface area contributed by atoms with Crippen molar-refractivity contribution in [3.63, 3.8) is 0 Å². The van der Waals surface area contributed by atoms with E-state index >= 15 is 0 Å². The molecule has 2 rings (SSSR count). The van der Waals surface area contributed by atoms with Gasteiger partial charge in [0.2, 0.25) is 0 Å². The number of aryl methyl sites for hydroxylation is 1. The molecule has 158 valence electrons. The van der Waals surface area contributed by atoms with Gasteiger partial charge in [-0.2, -0.15) is 0 Å². The highest BCUT2D eigenvalue weighted by Crippen LogP contribution is 2.32. The minimum Gasteiger partial charge on any atom is -0.493 e. The molecule has 2 N–H and O–H groups in total. The number of thiophene rings is 1. The summed E-state index contributed by atoms with van der Waals surface area (Å²) in [5, 5.41) is 3.40. The lowest BCUT2D eigenvalue weighted by Crippen LogP contribution is -3.08. The smallest absolute Gasteiger partial charge is 0.341 e. The van der Waals surface area contributed by atoms with E-state index < -0.39 is 5.97 Å². The van der Waals surface area contributed by atoms with Crippen molar-refractivity contribution in [2.45, 2.75) is 27.3 Å². The van der Waals surface area contributed by atoms with E-state index in [9.17, 15) is 9.59 Å². The molecular formula is C21H29N2O5S+. The van der Waals surface area contributed by atoms with Crippen molar-refractivity contribution >= 4 is 28.2 Å². The molecule has 29 heavy (non-hydrogen) atoms. The number of anilines is 1. The van der Waals surface area contributed by atoms with Crippen molar-refractivity contribution in [3.05, 3.63) is 39.8 Å². The van der Waals surface area contributed by atoms with Gasteiger partial charge < -0.3 is 24.4 Å². The zero-order valence-electron chi connectivity index (χ0n) is 17.8. The van der Waals surface area contributed by atoms with Crippen LogP contribution in [0.4, 0.5) is 5.00 Å². The number of hydrogen-bond donors (Lipinski definition) is 2. The molecule has 7 nitrogen and oxygen atoms in total. The Kier molecular flexibility index (Phi) is 8.04. The van der Waals surface area contributed by atoms with Crippen molar-refractivity contribution in [3.8, 4) is 11.5 Å². The van der Waals surface area contributed by atoms with Crippen molar-refractivity contribution in [1.29, 1.82) is 0 Å². The summed E-state index contributed by atoms with van der Waals surface area (Å²) in [6.07, 6.45) is 0. The van der Waals surface area contributed by atoms with Crippen LogP contribution < -0.4 is 19.7 Å². The van der Waals surface area contributed by atoms with Crippen molar-refractivity contribution < 1.29 is 28.7 Å².